The van der Waals surface area contributed by atoms with Gasteiger partial charge < -0.3 is 0 Å². The van der Waals surface area contributed by atoms with E-state index in [4.69, 9.17) is 0 Å². The third-order valence-corrected chi connectivity index (χ3v) is 3.22. The number of nitrogens with zero attached hydrogens (tertiary/aromatic N) is 1. The maximum Gasteiger partial charge on any atom is 0.0389 e. The second-order valence-electron chi connectivity index (χ2n) is 4.36. The van der Waals surface area contributed by atoms with Crippen LogP contribution in [-0.4, -0.2) is 12.8 Å². The van der Waals surface area contributed by atoms with E-state index in [1.54, 1.807) is 0 Å². The lowest BCUT2D eigenvalue weighted by Gasteiger charge is -1.98. The molecule has 1 rings (SSSR count). The van der Waals surface area contributed by atoms with Crippen LogP contribution in [0.2, 0.25) is 0 Å². The number of hydrogen-bond acceptors (Lipinski definition) is 1. The fourth-order valence-corrected chi connectivity index (χ4v) is 2.16. The molecule has 94 valence electrons. The van der Waals surface area contributed by atoms with Gasteiger partial charge in [-0.1, -0.05) is 67.1 Å². The van der Waals surface area contributed by atoms with Crippen LogP contribution in [0.15, 0.2) is 33.7 Å². The molecular weight excluding hydrogens is 274 g/mol. The molecule has 0 atom stereocenters. The Balaban J connectivity index is 2.10. The van der Waals surface area contributed by atoms with Gasteiger partial charge in [-0.25, -0.2) is 0 Å². The maximum atomic E-state index is 4.45. The molecule has 0 bridgehead atoms. The van der Waals surface area contributed by atoms with Crippen molar-refractivity contribution in [1.82, 2.24) is 0 Å². The summed E-state index contributed by atoms with van der Waals surface area (Å²) >= 11 is 3.46. The molecule has 2 heteroatoms. The van der Waals surface area contributed by atoms with Crippen molar-refractivity contribution in [2.45, 2.75) is 45.4 Å². The number of aliphatic imine (C=N–C) groups is 1. The molecule has 0 aliphatic carbocycles. The number of halogens is 1. The Labute approximate surface area is 113 Å². The van der Waals surface area contributed by atoms with E-state index in [-0.39, 0.29) is 0 Å². The molecule has 0 spiro atoms. The highest BCUT2D eigenvalue weighted by Crippen LogP contribution is 2.10. The van der Waals surface area contributed by atoms with Crippen molar-refractivity contribution in [3.63, 3.8) is 0 Å². The predicted molar refractivity (Wildman–Crippen MR) is 80.0 cm³/mol. The highest BCUT2D eigenvalue weighted by atomic mass is 79.9. The number of unbranched alkanes of at least 4 members (excludes halogenated alkanes) is 5. The quantitative estimate of drug-likeness (QED) is 0.460. The number of rotatable bonds is 8. The molecule has 0 aromatic heterocycles. The van der Waals surface area contributed by atoms with Gasteiger partial charge in [-0.15, -0.1) is 0 Å². The van der Waals surface area contributed by atoms with E-state index in [1.165, 1.54) is 44.1 Å². The minimum absolute atomic E-state index is 0.957. The average Bonchev–Trinajstić information content (AvgIpc) is 2.33. The molecule has 1 aromatic rings. The summed E-state index contributed by atoms with van der Waals surface area (Å²) in [7, 11) is 0. The first-order valence-electron chi connectivity index (χ1n) is 6.58. The first-order valence-corrected chi connectivity index (χ1v) is 7.37. The second kappa shape index (κ2) is 9.41. The van der Waals surface area contributed by atoms with Gasteiger partial charge in [-0.3, -0.25) is 4.99 Å². The highest BCUT2D eigenvalue weighted by molar-refractivity contribution is 9.10. The summed E-state index contributed by atoms with van der Waals surface area (Å²) in [5, 5.41) is 0. The number of benzene rings is 1. The van der Waals surface area contributed by atoms with Crippen LogP contribution in [0.25, 0.3) is 0 Å². The first-order chi connectivity index (χ1) is 8.33. The van der Waals surface area contributed by atoms with E-state index in [1.807, 2.05) is 18.3 Å². The monoisotopic (exact) mass is 295 g/mol. The van der Waals surface area contributed by atoms with Crippen molar-refractivity contribution in [3.8, 4) is 0 Å². The van der Waals surface area contributed by atoms with Gasteiger partial charge in [0, 0.05) is 17.2 Å². The third kappa shape index (κ3) is 7.32. The average molecular weight is 296 g/mol. The van der Waals surface area contributed by atoms with E-state index < -0.39 is 0 Å². The SMILES string of the molecule is CCCCCCCCN=Cc1cccc(Br)c1. The molecule has 0 saturated carbocycles. The van der Waals surface area contributed by atoms with E-state index in [0.29, 0.717) is 0 Å². The van der Waals surface area contributed by atoms with Crippen LogP contribution in [0.5, 0.6) is 0 Å². The van der Waals surface area contributed by atoms with Crippen LogP contribution < -0.4 is 0 Å². The molecule has 0 N–H and O–H groups in total. The molecular formula is C15H22BrN. The lowest BCUT2D eigenvalue weighted by atomic mass is 10.1. The van der Waals surface area contributed by atoms with Gasteiger partial charge in [-0.05, 0) is 24.1 Å². The molecule has 0 saturated heterocycles. The van der Waals surface area contributed by atoms with Crippen LogP contribution in [-0.2, 0) is 0 Å². The number of hydrogen-bond donors (Lipinski definition) is 0. The van der Waals surface area contributed by atoms with Crippen molar-refractivity contribution < 1.29 is 0 Å². The molecule has 0 radical (unpaired) electrons. The third-order valence-electron chi connectivity index (χ3n) is 2.73. The fraction of sp³-hybridized carbons (Fsp3) is 0.533. The minimum atomic E-state index is 0.957. The molecule has 0 aliphatic rings. The predicted octanol–water partition coefficient (Wildman–Crippen LogP) is 5.23. The van der Waals surface area contributed by atoms with Crippen LogP contribution in [0.4, 0.5) is 0 Å². The molecule has 1 nitrogen and oxygen atoms in total. The molecule has 0 heterocycles. The van der Waals surface area contributed by atoms with Crippen LogP contribution in [0.3, 0.4) is 0 Å². The Morgan fingerprint density at radius 3 is 2.65 bits per heavy atom. The molecule has 0 fully saturated rings. The van der Waals surface area contributed by atoms with Crippen molar-refractivity contribution in [2.75, 3.05) is 6.54 Å². The van der Waals surface area contributed by atoms with Gasteiger partial charge in [0.1, 0.15) is 0 Å². The van der Waals surface area contributed by atoms with Crippen molar-refractivity contribution in [1.29, 1.82) is 0 Å². The van der Waals surface area contributed by atoms with Crippen molar-refractivity contribution >= 4 is 22.1 Å². The molecule has 0 unspecified atom stereocenters. The van der Waals surface area contributed by atoms with Gasteiger partial charge in [0.25, 0.3) is 0 Å². The van der Waals surface area contributed by atoms with E-state index in [9.17, 15) is 0 Å². The second-order valence-corrected chi connectivity index (χ2v) is 5.27. The lowest BCUT2D eigenvalue weighted by molar-refractivity contribution is 0.612. The smallest absolute Gasteiger partial charge is 0.0389 e. The summed E-state index contributed by atoms with van der Waals surface area (Å²) in [6, 6.07) is 8.24. The van der Waals surface area contributed by atoms with E-state index in [0.717, 1.165) is 11.0 Å². The Morgan fingerprint density at radius 2 is 1.88 bits per heavy atom. The van der Waals surface area contributed by atoms with Gasteiger partial charge >= 0.3 is 0 Å². The summed E-state index contributed by atoms with van der Waals surface area (Å²) in [5.74, 6) is 0. The topological polar surface area (TPSA) is 12.4 Å². The van der Waals surface area contributed by atoms with Gasteiger partial charge in [-0.2, -0.15) is 0 Å². The summed E-state index contributed by atoms with van der Waals surface area (Å²) in [6.45, 7) is 3.21. The molecule has 1 aromatic carbocycles. The zero-order valence-electron chi connectivity index (χ0n) is 10.7. The summed E-state index contributed by atoms with van der Waals surface area (Å²) in [5.41, 5.74) is 1.17. The van der Waals surface area contributed by atoms with E-state index >= 15 is 0 Å². The minimum Gasteiger partial charge on any atom is -0.293 e. The largest absolute Gasteiger partial charge is 0.293 e. The standard InChI is InChI=1S/C15H22BrN/c1-2-3-4-5-6-7-11-17-13-14-9-8-10-15(16)12-14/h8-10,12-13H,2-7,11H2,1H3. The highest BCUT2D eigenvalue weighted by Gasteiger charge is 1.90. The molecule has 0 amide bonds. The van der Waals surface area contributed by atoms with Gasteiger partial charge in [0.15, 0.2) is 0 Å². The summed E-state index contributed by atoms with van der Waals surface area (Å²) in [4.78, 5) is 4.45. The Hall–Kier alpha value is -0.630. The van der Waals surface area contributed by atoms with Gasteiger partial charge in [0.2, 0.25) is 0 Å². The Bertz CT molecular complexity index is 333. The summed E-state index contributed by atoms with van der Waals surface area (Å²) in [6.07, 6.45) is 9.94. The summed E-state index contributed by atoms with van der Waals surface area (Å²) < 4.78 is 1.11. The maximum absolute atomic E-state index is 4.45. The fourth-order valence-electron chi connectivity index (χ4n) is 1.74. The zero-order chi connectivity index (χ0) is 12.3. The Morgan fingerprint density at radius 1 is 1.12 bits per heavy atom. The van der Waals surface area contributed by atoms with Crippen LogP contribution >= 0.6 is 15.9 Å². The normalized spacial score (nSPS) is 11.2. The molecule has 0 aliphatic heterocycles. The molecule has 17 heavy (non-hydrogen) atoms. The van der Waals surface area contributed by atoms with Crippen molar-refractivity contribution in [3.05, 3.63) is 34.3 Å². The lowest BCUT2D eigenvalue weighted by Crippen LogP contribution is -1.86. The zero-order valence-corrected chi connectivity index (χ0v) is 12.2. The first kappa shape index (κ1) is 14.4. The van der Waals surface area contributed by atoms with Crippen LogP contribution in [0, 0.1) is 0 Å². The van der Waals surface area contributed by atoms with Crippen LogP contribution in [0.1, 0.15) is 51.0 Å². The van der Waals surface area contributed by atoms with Crippen molar-refractivity contribution in [2.24, 2.45) is 4.99 Å². The van der Waals surface area contributed by atoms with E-state index in [2.05, 4.69) is 40.0 Å². The van der Waals surface area contributed by atoms with Gasteiger partial charge in [0.05, 0.1) is 0 Å². The Kier molecular flexibility index (Phi) is 7.98.